The van der Waals surface area contributed by atoms with E-state index in [0.717, 1.165) is 5.57 Å². The number of esters is 1. The lowest BCUT2D eigenvalue weighted by molar-refractivity contribution is -0.229. The van der Waals surface area contributed by atoms with Crippen LogP contribution in [-0.2, 0) is 19.1 Å². The number of ketones is 2. The minimum absolute atomic E-state index is 0.00658. The molecule has 3 fully saturated rings. The third-order valence-corrected chi connectivity index (χ3v) is 8.99. The number of ether oxygens (including phenoxy) is 1. The quantitative estimate of drug-likeness (QED) is 0.547. The summed E-state index contributed by atoms with van der Waals surface area (Å²) < 4.78 is 22.8. The molecule has 0 bridgehead atoms. The number of halogens is 1. The van der Waals surface area contributed by atoms with E-state index in [1.54, 1.807) is 6.08 Å². The van der Waals surface area contributed by atoms with Crippen molar-refractivity contribution in [1.29, 1.82) is 0 Å². The molecule has 0 aliphatic heterocycles. The third-order valence-electron chi connectivity index (χ3n) is 8.99. The standard InChI is InChI=1S/C24H31FO5/c1-13-10-19-18-7-6-16-11-17(28)8-9-21(16,4)23(18,25)20(29)12-22(19,5)24(13,14(2)26)30-15(3)27/h11,18-20,29H,1,6-10,12H2,2-5H3/t18-,19-,20?,21-,22-,23-,24-/m0/s1. The topological polar surface area (TPSA) is 80.7 Å². The average molecular weight is 419 g/mol. The molecule has 4 aliphatic rings. The number of aliphatic hydroxyl groups is 1. The molecule has 0 aromatic rings. The minimum atomic E-state index is -1.91. The van der Waals surface area contributed by atoms with E-state index in [9.17, 15) is 19.5 Å². The lowest BCUT2D eigenvalue weighted by Crippen LogP contribution is -2.69. The van der Waals surface area contributed by atoms with Crippen molar-refractivity contribution in [2.24, 2.45) is 22.7 Å². The lowest BCUT2D eigenvalue weighted by atomic mass is 9.44. The molecule has 0 saturated heterocycles. The van der Waals surface area contributed by atoms with Gasteiger partial charge in [-0.25, -0.2) is 4.39 Å². The third kappa shape index (κ3) is 2.29. The van der Waals surface area contributed by atoms with Crippen molar-refractivity contribution in [2.75, 3.05) is 0 Å². The first-order chi connectivity index (χ1) is 13.8. The minimum Gasteiger partial charge on any atom is -0.446 e. The predicted molar refractivity (Wildman–Crippen MR) is 108 cm³/mol. The first-order valence-corrected chi connectivity index (χ1v) is 10.8. The summed E-state index contributed by atoms with van der Waals surface area (Å²) in [5.74, 6) is -1.73. The normalized spacial score (nSPS) is 47.7. The molecule has 4 aliphatic carbocycles. The van der Waals surface area contributed by atoms with Crippen molar-refractivity contribution >= 4 is 17.5 Å². The van der Waals surface area contributed by atoms with Crippen LogP contribution >= 0.6 is 0 Å². The SMILES string of the molecule is C=C1C[C@H]2[C@@H]3CCC4=CC(=O)CC[C@]4(C)[C@@]3(F)C(O)C[C@]2(C)[C@@]1(OC(C)=O)C(C)=O. The van der Waals surface area contributed by atoms with Gasteiger partial charge >= 0.3 is 5.97 Å². The fourth-order valence-corrected chi connectivity index (χ4v) is 7.64. The Kier molecular flexibility index (Phi) is 4.53. The largest absolute Gasteiger partial charge is 0.446 e. The number of rotatable bonds is 2. The van der Waals surface area contributed by atoms with E-state index in [-0.39, 0.29) is 30.3 Å². The number of aliphatic hydroxyl groups excluding tert-OH is 1. The van der Waals surface area contributed by atoms with Gasteiger partial charge in [0.15, 0.2) is 17.2 Å². The second kappa shape index (κ2) is 6.35. The van der Waals surface area contributed by atoms with Crippen molar-refractivity contribution in [3.63, 3.8) is 0 Å². The van der Waals surface area contributed by atoms with Crippen molar-refractivity contribution in [3.8, 4) is 0 Å². The number of hydrogen-bond donors (Lipinski definition) is 1. The van der Waals surface area contributed by atoms with Crippen LogP contribution in [0.4, 0.5) is 4.39 Å². The van der Waals surface area contributed by atoms with Crippen molar-refractivity contribution in [2.45, 2.75) is 83.6 Å². The van der Waals surface area contributed by atoms with Gasteiger partial charge in [0.2, 0.25) is 0 Å². The maximum absolute atomic E-state index is 17.1. The zero-order valence-corrected chi connectivity index (χ0v) is 18.2. The molecule has 6 heteroatoms. The van der Waals surface area contributed by atoms with Crippen molar-refractivity contribution < 1.29 is 28.6 Å². The molecule has 0 aromatic heterocycles. The molecule has 0 heterocycles. The molecule has 5 nitrogen and oxygen atoms in total. The van der Waals surface area contributed by atoms with Gasteiger partial charge < -0.3 is 9.84 Å². The van der Waals surface area contributed by atoms with Crippen molar-refractivity contribution in [1.82, 2.24) is 0 Å². The van der Waals surface area contributed by atoms with Gasteiger partial charge in [0, 0.05) is 30.1 Å². The Morgan fingerprint density at radius 1 is 1.23 bits per heavy atom. The summed E-state index contributed by atoms with van der Waals surface area (Å²) in [5, 5.41) is 11.3. The van der Waals surface area contributed by atoms with E-state index in [0.29, 0.717) is 31.3 Å². The van der Waals surface area contributed by atoms with Crippen LogP contribution in [0.1, 0.15) is 66.2 Å². The van der Waals surface area contributed by atoms with Gasteiger partial charge in [0.1, 0.15) is 5.67 Å². The van der Waals surface area contributed by atoms with E-state index in [2.05, 4.69) is 6.58 Å². The summed E-state index contributed by atoms with van der Waals surface area (Å²) in [6.45, 7) is 10.4. The Hall–Kier alpha value is -1.82. The van der Waals surface area contributed by atoms with Gasteiger partial charge in [0.05, 0.1) is 6.10 Å². The second-order valence-corrected chi connectivity index (χ2v) is 10.3. The molecule has 0 amide bonds. The first kappa shape index (κ1) is 21.4. The fourth-order valence-electron chi connectivity index (χ4n) is 7.64. The molecule has 0 radical (unpaired) electrons. The number of allylic oxidation sites excluding steroid dienone is 1. The van der Waals surface area contributed by atoms with Crippen LogP contribution in [0.2, 0.25) is 0 Å². The highest BCUT2D eigenvalue weighted by atomic mass is 19.1. The predicted octanol–water partition coefficient (Wildman–Crippen LogP) is 3.64. The van der Waals surface area contributed by atoms with Gasteiger partial charge in [-0.2, -0.15) is 0 Å². The molecule has 0 aromatic carbocycles. The summed E-state index contributed by atoms with van der Waals surface area (Å²) >= 11 is 0. The van der Waals surface area contributed by atoms with E-state index >= 15 is 4.39 Å². The highest BCUT2D eigenvalue weighted by Gasteiger charge is 2.76. The summed E-state index contributed by atoms with van der Waals surface area (Å²) in [5.41, 5.74) is -4.05. The molecular formula is C24H31FO5. The molecular weight excluding hydrogens is 387 g/mol. The van der Waals surface area contributed by atoms with Crippen LogP contribution in [0.15, 0.2) is 23.8 Å². The van der Waals surface area contributed by atoms with Crippen LogP contribution in [0.5, 0.6) is 0 Å². The number of carbonyl (C=O) groups excluding carboxylic acids is 3. The highest BCUT2D eigenvalue weighted by Crippen LogP contribution is 2.71. The van der Waals surface area contributed by atoms with E-state index in [1.165, 1.54) is 13.8 Å². The van der Waals surface area contributed by atoms with Crippen LogP contribution in [-0.4, -0.2) is 40.0 Å². The second-order valence-electron chi connectivity index (χ2n) is 10.3. The molecule has 30 heavy (non-hydrogen) atoms. The summed E-state index contributed by atoms with van der Waals surface area (Å²) in [6.07, 6.45) is 2.31. The summed E-state index contributed by atoms with van der Waals surface area (Å²) in [7, 11) is 0. The maximum atomic E-state index is 17.1. The Morgan fingerprint density at radius 2 is 1.90 bits per heavy atom. The monoisotopic (exact) mass is 418 g/mol. The molecule has 4 rings (SSSR count). The molecule has 0 spiro atoms. The molecule has 3 saturated carbocycles. The average Bonchev–Trinajstić information content (AvgIpc) is 2.85. The van der Waals surface area contributed by atoms with Gasteiger partial charge in [-0.05, 0) is 56.6 Å². The lowest BCUT2D eigenvalue weighted by Gasteiger charge is -2.63. The van der Waals surface area contributed by atoms with Gasteiger partial charge in [-0.1, -0.05) is 26.0 Å². The summed E-state index contributed by atoms with van der Waals surface area (Å²) in [4.78, 5) is 36.9. The zero-order valence-electron chi connectivity index (χ0n) is 18.2. The van der Waals surface area contributed by atoms with Crippen molar-refractivity contribution in [3.05, 3.63) is 23.8 Å². The van der Waals surface area contributed by atoms with E-state index < -0.39 is 40.1 Å². The van der Waals surface area contributed by atoms with Crippen LogP contribution in [0.3, 0.4) is 0 Å². The Balaban J connectivity index is 1.86. The zero-order chi connectivity index (χ0) is 22.3. The smallest absolute Gasteiger partial charge is 0.303 e. The fraction of sp³-hybridized carbons (Fsp3) is 0.708. The van der Waals surface area contributed by atoms with Gasteiger partial charge in [-0.15, -0.1) is 0 Å². The number of fused-ring (bicyclic) bond motifs is 5. The molecule has 7 atom stereocenters. The summed E-state index contributed by atoms with van der Waals surface area (Å²) in [6, 6.07) is 0. The maximum Gasteiger partial charge on any atom is 0.303 e. The Morgan fingerprint density at radius 3 is 2.50 bits per heavy atom. The highest BCUT2D eigenvalue weighted by molar-refractivity contribution is 5.93. The number of carbonyl (C=O) groups is 3. The molecule has 1 N–H and O–H groups in total. The Labute approximate surface area is 176 Å². The van der Waals surface area contributed by atoms with E-state index in [4.69, 9.17) is 4.74 Å². The number of hydrogen-bond acceptors (Lipinski definition) is 5. The molecule has 164 valence electrons. The Bertz CT molecular complexity index is 892. The van der Waals surface area contributed by atoms with Crippen LogP contribution in [0.25, 0.3) is 0 Å². The van der Waals surface area contributed by atoms with Gasteiger partial charge in [0.25, 0.3) is 0 Å². The number of alkyl halides is 1. The first-order valence-electron chi connectivity index (χ1n) is 10.8. The van der Waals surface area contributed by atoms with Crippen LogP contribution < -0.4 is 0 Å². The number of Topliss-reactive ketones (excluding diaryl/α,β-unsaturated/α-hetero) is 1. The van der Waals surface area contributed by atoms with E-state index in [1.807, 2.05) is 13.8 Å². The van der Waals surface area contributed by atoms with Gasteiger partial charge in [-0.3, -0.25) is 14.4 Å². The van der Waals surface area contributed by atoms with Crippen LogP contribution in [0, 0.1) is 22.7 Å². The molecule has 1 unspecified atom stereocenters.